The average Bonchev–Trinajstić information content (AvgIpc) is 2.61. The second-order valence-electron chi connectivity index (χ2n) is 5.16. The molecule has 0 aliphatic carbocycles. The van der Waals surface area contributed by atoms with Crippen LogP contribution in [0, 0.1) is 0 Å². The van der Waals surface area contributed by atoms with Crippen molar-refractivity contribution in [2.45, 2.75) is 12.8 Å². The molecule has 0 aliphatic rings. The van der Waals surface area contributed by atoms with Crippen molar-refractivity contribution in [1.29, 1.82) is 0 Å². The van der Waals surface area contributed by atoms with Gasteiger partial charge in [0.15, 0.2) is 5.78 Å². The predicted molar refractivity (Wildman–Crippen MR) is 99.1 cm³/mol. The molecule has 130 valence electrons. The van der Waals surface area contributed by atoms with Crippen LogP contribution >= 0.6 is 27.5 Å². The lowest BCUT2D eigenvalue weighted by Crippen LogP contribution is -2.14. The summed E-state index contributed by atoms with van der Waals surface area (Å²) in [5, 5.41) is 2.87. The molecule has 0 unspecified atom stereocenters. The van der Waals surface area contributed by atoms with E-state index < -0.39 is 5.97 Å². The van der Waals surface area contributed by atoms with Gasteiger partial charge in [-0.05, 0) is 30.3 Å². The molecule has 2 aromatic rings. The number of anilines is 1. The Labute approximate surface area is 158 Å². The summed E-state index contributed by atoms with van der Waals surface area (Å²) in [5.74, 6) is -1.04. The van der Waals surface area contributed by atoms with E-state index in [-0.39, 0.29) is 35.1 Å². The van der Waals surface area contributed by atoms with Crippen molar-refractivity contribution in [2.75, 3.05) is 12.4 Å². The Morgan fingerprint density at radius 2 is 1.76 bits per heavy atom. The van der Waals surface area contributed by atoms with Crippen LogP contribution in [0.15, 0.2) is 46.9 Å². The lowest BCUT2D eigenvalue weighted by molar-refractivity contribution is -0.116. The number of rotatable bonds is 6. The van der Waals surface area contributed by atoms with Crippen LogP contribution in [-0.2, 0) is 9.53 Å². The van der Waals surface area contributed by atoms with E-state index >= 15 is 0 Å². The summed E-state index contributed by atoms with van der Waals surface area (Å²) in [4.78, 5) is 35.7. The minimum Gasteiger partial charge on any atom is -0.465 e. The van der Waals surface area contributed by atoms with E-state index in [0.717, 1.165) is 4.47 Å². The first kappa shape index (κ1) is 19.1. The van der Waals surface area contributed by atoms with Crippen LogP contribution in [0.2, 0.25) is 5.02 Å². The Kier molecular flexibility index (Phi) is 6.73. The zero-order valence-electron chi connectivity index (χ0n) is 13.3. The van der Waals surface area contributed by atoms with Crippen molar-refractivity contribution in [3.8, 4) is 0 Å². The number of methoxy groups -OCH3 is 1. The normalized spacial score (nSPS) is 10.2. The Bertz CT molecular complexity index is 805. The van der Waals surface area contributed by atoms with Gasteiger partial charge in [0.2, 0.25) is 5.91 Å². The summed E-state index contributed by atoms with van der Waals surface area (Å²) in [7, 11) is 1.25. The maximum atomic E-state index is 12.1. The summed E-state index contributed by atoms with van der Waals surface area (Å²) < 4.78 is 5.51. The monoisotopic (exact) mass is 423 g/mol. The molecule has 0 saturated carbocycles. The van der Waals surface area contributed by atoms with E-state index in [9.17, 15) is 14.4 Å². The first-order valence-electron chi connectivity index (χ1n) is 7.37. The molecular formula is C18H15BrClNO4. The molecule has 2 rings (SSSR count). The number of ketones is 1. The molecule has 0 heterocycles. The van der Waals surface area contributed by atoms with Gasteiger partial charge in [-0.2, -0.15) is 0 Å². The highest BCUT2D eigenvalue weighted by Crippen LogP contribution is 2.21. The summed E-state index contributed by atoms with van der Waals surface area (Å²) in [6, 6.07) is 11.4. The highest BCUT2D eigenvalue weighted by atomic mass is 79.9. The number of carbonyl (C=O) groups is 3. The van der Waals surface area contributed by atoms with Crippen LogP contribution in [0.1, 0.15) is 33.6 Å². The summed E-state index contributed by atoms with van der Waals surface area (Å²) >= 11 is 9.23. The van der Waals surface area contributed by atoms with Crippen molar-refractivity contribution in [1.82, 2.24) is 0 Å². The molecule has 0 aromatic heterocycles. The van der Waals surface area contributed by atoms with E-state index in [0.29, 0.717) is 11.3 Å². The molecule has 0 saturated heterocycles. The van der Waals surface area contributed by atoms with E-state index in [2.05, 4.69) is 26.0 Å². The lowest BCUT2D eigenvalue weighted by atomic mass is 10.1. The first-order chi connectivity index (χ1) is 11.9. The second kappa shape index (κ2) is 8.78. The van der Waals surface area contributed by atoms with Gasteiger partial charge in [0.25, 0.3) is 0 Å². The van der Waals surface area contributed by atoms with Crippen molar-refractivity contribution in [3.63, 3.8) is 0 Å². The zero-order valence-corrected chi connectivity index (χ0v) is 15.7. The van der Waals surface area contributed by atoms with E-state index in [1.165, 1.54) is 19.2 Å². The second-order valence-corrected chi connectivity index (χ2v) is 6.49. The Hall–Kier alpha value is -2.18. The molecule has 25 heavy (non-hydrogen) atoms. The van der Waals surface area contributed by atoms with Gasteiger partial charge in [0.1, 0.15) is 0 Å². The van der Waals surface area contributed by atoms with E-state index in [4.69, 9.17) is 11.6 Å². The molecule has 7 heteroatoms. The molecule has 1 amide bonds. The van der Waals surface area contributed by atoms with Crippen LogP contribution < -0.4 is 5.32 Å². The van der Waals surface area contributed by atoms with Gasteiger partial charge in [-0.25, -0.2) is 4.79 Å². The number of Topliss-reactive ketones (excluding diaryl/α,β-unsaturated/α-hetero) is 1. The molecule has 0 radical (unpaired) electrons. The molecule has 5 nitrogen and oxygen atoms in total. The van der Waals surface area contributed by atoms with Crippen molar-refractivity contribution in [2.24, 2.45) is 0 Å². The highest BCUT2D eigenvalue weighted by molar-refractivity contribution is 9.10. The van der Waals surface area contributed by atoms with Gasteiger partial charge in [-0.15, -0.1) is 0 Å². The van der Waals surface area contributed by atoms with E-state index in [1.807, 2.05) is 0 Å². The van der Waals surface area contributed by atoms with Crippen molar-refractivity contribution in [3.05, 3.63) is 63.1 Å². The number of nitrogens with one attached hydrogen (secondary N) is 1. The van der Waals surface area contributed by atoms with Crippen molar-refractivity contribution >= 4 is 50.9 Å². The first-order valence-corrected chi connectivity index (χ1v) is 8.54. The summed E-state index contributed by atoms with van der Waals surface area (Å²) in [6.45, 7) is 0. The van der Waals surface area contributed by atoms with Crippen LogP contribution in [0.25, 0.3) is 0 Å². The van der Waals surface area contributed by atoms with Crippen LogP contribution in [0.4, 0.5) is 5.69 Å². The minimum absolute atomic E-state index is 0.0328. The number of hydrogen-bond donors (Lipinski definition) is 1. The minimum atomic E-state index is -0.591. The molecule has 1 N–H and O–H groups in total. The maximum absolute atomic E-state index is 12.1. The Morgan fingerprint density at radius 1 is 1.08 bits per heavy atom. The van der Waals surface area contributed by atoms with Gasteiger partial charge < -0.3 is 10.1 Å². The third kappa shape index (κ3) is 5.41. The fourth-order valence-corrected chi connectivity index (χ4v) is 2.56. The Balaban J connectivity index is 1.95. The van der Waals surface area contributed by atoms with Crippen LogP contribution in [0.5, 0.6) is 0 Å². The fourth-order valence-electron chi connectivity index (χ4n) is 2.10. The van der Waals surface area contributed by atoms with Crippen molar-refractivity contribution < 1.29 is 19.1 Å². The maximum Gasteiger partial charge on any atom is 0.339 e. The Morgan fingerprint density at radius 3 is 2.40 bits per heavy atom. The molecule has 0 spiro atoms. The molecule has 0 atom stereocenters. The topological polar surface area (TPSA) is 72.5 Å². The molecule has 2 aromatic carbocycles. The van der Waals surface area contributed by atoms with Gasteiger partial charge in [0.05, 0.1) is 17.7 Å². The third-order valence-electron chi connectivity index (χ3n) is 3.40. The third-order valence-corrected chi connectivity index (χ3v) is 4.26. The fraction of sp³-hybridized carbons (Fsp3) is 0.167. The number of halogens is 2. The zero-order chi connectivity index (χ0) is 18.4. The summed E-state index contributed by atoms with van der Waals surface area (Å²) in [6.07, 6.45) is 0.121. The van der Waals surface area contributed by atoms with Crippen LogP contribution in [-0.4, -0.2) is 24.8 Å². The largest absolute Gasteiger partial charge is 0.465 e. The number of ether oxygens (including phenoxy) is 1. The molecule has 0 aliphatic heterocycles. The lowest BCUT2D eigenvalue weighted by Gasteiger charge is -2.08. The molecule has 0 bridgehead atoms. The van der Waals surface area contributed by atoms with E-state index in [1.54, 1.807) is 30.3 Å². The predicted octanol–water partition coefficient (Wildman–Crippen LogP) is 4.49. The van der Waals surface area contributed by atoms with Crippen LogP contribution in [0.3, 0.4) is 0 Å². The number of benzene rings is 2. The number of amides is 1. The van der Waals surface area contributed by atoms with Gasteiger partial charge in [-0.3, -0.25) is 9.59 Å². The molecular weight excluding hydrogens is 410 g/mol. The quantitative estimate of drug-likeness (QED) is 0.548. The van der Waals surface area contributed by atoms with Gasteiger partial charge >= 0.3 is 5.97 Å². The average molecular weight is 425 g/mol. The SMILES string of the molecule is COC(=O)c1cc(NC(=O)CCC(=O)c2ccc(Br)cc2)ccc1Cl. The van der Waals surface area contributed by atoms with Gasteiger partial charge in [0, 0.05) is 28.6 Å². The summed E-state index contributed by atoms with van der Waals surface area (Å²) in [5.41, 5.74) is 1.12. The number of carbonyl (C=O) groups excluding carboxylic acids is 3. The smallest absolute Gasteiger partial charge is 0.339 e. The number of hydrogen-bond acceptors (Lipinski definition) is 4. The standard InChI is InChI=1S/C18H15BrClNO4/c1-25-18(24)14-10-13(6-7-15(14)20)21-17(23)9-8-16(22)11-2-4-12(19)5-3-11/h2-7,10H,8-9H2,1H3,(H,21,23). The molecule has 0 fully saturated rings. The number of esters is 1. The van der Waals surface area contributed by atoms with Gasteiger partial charge in [-0.1, -0.05) is 39.7 Å². The highest BCUT2D eigenvalue weighted by Gasteiger charge is 2.13.